The quantitative estimate of drug-likeness (QED) is 0.889. The summed E-state index contributed by atoms with van der Waals surface area (Å²) in [6.07, 6.45) is 2.18. The van der Waals surface area contributed by atoms with Gasteiger partial charge in [-0.25, -0.2) is 4.79 Å². The fraction of sp³-hybridized carbons (Fsp3) is 0.353. The van der Waals surface area contributed by atoms with Crippen molar-refractivity contribution >= 4 is 22.5 Å². The standard InChI is InChI=1S/C17H21N3O/c1-18-14-8-5-11-20(12-14)17(21)19-16-10-4-7-13-6-2-3-9-15(13)16/h2-4,6-7,9-10,14,18H,5,8,11-12H2,1H3,(H,19,21). The number of urea groups is 1. The van der Waals surface area contributed by atoms with E-state index in [1.807, 2.05) is 42.3 Å². The van der Waals surface area contributed by atoms with Crippen LogP contribution < -0.4 is 10.6 Å². The second-order valence-electron chi connectivity index (χ2n) is 5.53. The molecule has 0 radical (unpaired) electrons. The number of carbonyl (C=O) groups is 1. The van der Waals surface area contributed by atoms with Crippen LogP contribution in [-0.4, -0.2) is 37.1 Å². The van der Waals surface area contributed by atoms with Gasteiger partial charge in [0.2, 0.25) is 0 Å². The summed E-state index contributed by atoms with van der Waals surface area (Å²) in [7, 11) is 1.96. The van der Waals surface area contributed by atoms with Crippen LogP contribution in [-0.2, 0) is 0 Å². The zero-order chi connectivity index (χ0) is 14.7. The Morgan fingerprint density at radius 2 is 2.00 bits per heavy atom. The van der Waals surface area contributed by atoms with Crippen LogP contribution in [0, 0.1) is 0 Å². The third-order valence-corrected chi connectivity index (χ3v) is 4.15. The third kappa shape index (κ3) is 3.00. The highest BCUT2D eigenvalue weighted by Crippen LogP contribution is 2.23. The number of rotatable bonds is 2. The van der Waals surface area contributed by atoms with E-state index in [9.17, 15) is 4.79 Å². The van der Waals surface area contributed by atoms with E-state index in [0.717, 1.165) is 42.4 Å². The lowest BCUT2D eigenvalue weighted by Gasteiger charge is -2.32. The first-order chi connectivity index (χ1) is 10.3. The number of benzene rings is 2. The summed E-state index contributed by atoms with van der Waals surface area (Å²) in [5, 5.41) is 8.54. The van der Waals surface area contributed by atoms with Gasteiger partial charge in [-0.2, -0.15) is 0 Å². The number of carbonyl (C=O) groups excluding carboxylic acids is 1. The number of nitrogens with zero attached hydrogens (tertiary/aromatic N) is 1. The Bertz CT molecular complexity index is 635. The number of hydrogen-bond donors (Lipinski definition) is 2. The predicted molar refractivity (Wildman–Crippen MR) is 86.6 cm³/mol. The molecule has 1 atom stereocenters. The molecule has 0 aliphatic carbocycles. The highest BCUT2D eigenvalue weighted by atomic mass is 16.2. The monoisotopic (exact) mass is 283 g/mol. The summed E-state index contributed by atoms with van der Waals surface area (Å²) < 4.78 is 0. The smallest absolute Gasteiger partial charge is 0.321 e. The van der Waals surface area contributed by atoms with Gasteiger partial charge in [-0.15, -0.1) is 0 Å². The van der Waals surface area contributed by atoms with Crippen LogP contribution in [0.4, 0.5) is 10.5 Å². The van der Waals surface area contributed by atoms with Crippen molar-refractivity contribution in [2.24, 2.45) is 0 Å². The molecule has 0 aromatic heterocycles. The summed E-state index contributed by atoms with van der Waals surface area (Å²) in [6, 6.07) is 14.5. The van der Waals surface area contributed by atoms with Crippen molar-refractivity contribution in [3.05, 3.63) is 42.5 Å². The zero-order valence-corrected chi connectivity index (χ0v) is 12.3. The number of anilines is 1. The Morgan fingerprint density at radius 1 is 1.19 bits per heavy atom. The largest absolute Gasteiger partial charge is 0.323 e. The molecule has 1 saturated heterocycles. The first-order valence-electron chi connectivity index (χ1n) is 7.49. The van der Waals surface area contributed by atoms with Crippen molar-refractivity contribution in [1.82, 2.24) is 10.2 Å². The second kappa shape index (κ2) is 6.14. The summed E-state index contributed by atoms with van der Waals surface area (Å²) in [4.78, 5) is 14.4. The number of likely N-dealkylation sites (tertiary alicyclic amines) is 1. The maximum absolute atomic E-state index is 12.5. The Balaban J connectivity index is 1.77. The first kappa shape index (κ1) is 13.9. The lowest BCUT2D eigenvalue weighted by molar-refractivity contribution is 0.187. The minimum absolute atomic E-state index is 0.00805. The average Bonchev–Trinajstić information content (AvgIpc) is 2.55. The molecule has 2 aromatic carbocycles. The lowest BCUT2D eigenvalue weighted by atomic mass is 10.1. The van der Waals surface area contributed by atoms with Gasteiger partial charge in [-0.3, -0.25) is 0 Å². The van der Waals surface area contributed by atoms with Crippen molar-refractivity contribution in [2.75, 3.05) is 25.5 Å². The minimum Gasteiger partial charge on any atom is -0.323 e. The summed E-state index contributed by atoms with van der Waals surface area (Å²) in [6.45, 7) is 1.60. The molecule has 4 nitrogen and oxygen atoms in total. The summed E-state index contributed by atoms with van der Waals surface area (Å²) in [5.41, 5.74) is 0.879. The Hall–Kier alpha value is -2.07. The first-order valence-corrected chi connectivity index (χ1v) is 7.49. The number of piperidine rings is 1. The maximum Gasteiger partial charge on any atom is 0.321 e. The molecular formula is C17H21N3O. The molecule has 0 spiro atoms. The van der Waals surface area contributed by atoms with Crippen molar-refractivity contribution in [2.45, 2.75) is 18.9 Å². The van der Waals surface area contributed by atoms with Gasteiger partial charge in [0, 0.05) is 24.5 Å². The van der Waals surface area contributed by atoms with Crippen molar-refractivity contribution in [3.8, 4) is 0 Å². The van der Waals surface area contributed by atoms with E-state index in [1.165, 1.54) is 0 Å². The van der Waals surface area contributed by atoms with Crippen LogP contribution in [0.25, 0.3) is 10.8 Å². The molecule has 0 bridgehead atoms. The van der Waals surface area contributed by atoms with E-state index in [1.54, 1.807) is 0 Å². The Morgan fingerprint density at radius 3 is 2.86 bits per heavy atom. The molecular weight excluding hydrogens is 262 g/mol. The molecule has 0 saturated carbocycles. The van der Waals surface area contributed by atoms with Gasteiger partial charge in [0.15, 0.2) is 0 Å². The molecule has 1 heterocycles. The van der Waals surface area contributed by atoms with E-state index in [2.05, 4.69) is 22.8 Å². The third-order valence-electron chi connectivity index (χ3n) is 4.15. The molecule has 2 N–H and O–H groups in total. The fourth-order valence-electron chi connectivity index (χ4n) is 2.93. The van der Waals surface area contributed by atoms with E-state index in [0.29, 0.717) is 6.04 Å². The fourth-order valence-corrected chi connectivity index (χ4v) is 2.93. The Labute approximate surface area is 125 Å². The van der Waals surface area contributed by atoms with Crippen LogP contribution in [0.3, 0.4) is 0 Å². The Kier molecular flexibility index (Phi) is 4.06. The highest BCUT2D eigenvalue weighted by Gasteiger charge is 2.22. The molecule has 4 heteroatoms. The average molecular weight is 283 g/mol. The molecule has 2 aromatic rings. The van der Waals surface area contributed by atoms with Gasteiger partial charge in [0.05, 0.1) is 5.69 Å². The van der Waals surface area contributed by atoms with E-state index >= 15 is 0 Å². The number of fused-ring (bicyclic) bond motifs is 1. The van der Waals surface area contributed by atoms with Crippen LogP contribution >= 0.6 is 0 Å². The van der Waals surface area contributed by atoms with Crippen LogP contribution in [0.1, 0.15) is 12.8 Å². The molecule has 3 rings (SSSR count). The van der Waals surface area contributed by atoms with Gasteiger partial charge >= 0.3 is 6.03 Å². The lowest BCUT2D eigenvalue weighted by Crippen LogP contribution is -2.48. The van der Waals surface area contributed by atoms with Gasteiger partial charge in [0.1, 0.15) is 0 Å². The second-order valence-corrected chi connectivity index (χ2v) is 5.53. The van der Waals surface area contributed by atoms with E-state index in [-0.39, 0.29) is 6.03 Å². The molecule has 21 heavy (non-hydrogen) atoms. The van der Waals surface area contributed by atoms with Crippen LogP contribution in [0.15, 0.2) is 42.5 Å². The van der Waals surface area contributed by atoms with Crippen molar-refractivity contribution in [3.63, 3.8) is 0 Å². The van der Waals surface area contributed by atoms with Gasteiger partial charge in [-0.1, -0.05) is 36.4 Å². The van der Waals surface area contributed by atoms with Gasteiger partial charge < -0.3 is 15.5 Å². The van der Waals surface area contributed by atoms with Crippen molar-refractivity contribution in [1.29, 1.82) is 0 Å². The van der Waals surface area contributed by atoms with E-state index in [4.69, 9.17) is 0 Å². The number of hydrogen-bond acceptors (Lipinski definition) is 2. The molecule has 1 aliphatic rings. The summed E-state index contributed by atoms with van der Waals surface area (Å²) >= 11 is 0. The normalized spacial score (nSPS) is 18.7. The SMILES string of the molecule is CNC1CCCN(C(=O)Nc2cccc3ccccc23)C1. The van der Waals surface area contributed by atoms with Crippen molar-refractivity contribution < 1.29 is 4.79 Å². The number of likely N-dealkylation sites (N-methyl/N-ethyl adjacent to an activating group) is 1. The maximum atomic E-state index is 12.5. The minimum atomic E-state index is -0.00805. The number of amides is 2. The predicted octanol–water partition coefficient (Wildman–Crippen LogP) is 3.06. The van der Waals surface area contributed by atoms with Gasteiger partial charge in [-0.05, 0) is 31.3 Å². The van der Waals surface area contributed by atoms with E-state index < -0.39 is 0 Å². The zero-order valence-electron chi connectivity index (χ0n) is 12.3. The molecule has 110 valence electrons. The topological polar surface area (TPSA) is 44.4 Å². The molecule has 2 amide bonds. The van der Waals surface area contributed by atoms with Gasteiger partial charge in [0.25, 0.3) is 0 Å². The van der Waals surface area contributed by atoms with Crippen LogP contribution in [0.2, 0.25) is 0 Å². The molecule has 1 aliphatic heterocycles. The highest BCUT2D eigenvalue weighted by molar-refractivity contribution is 6.01. The molecule has 1 unspecified atom stereocenters. The summed E-state index contributed by atoms with van der Waals surface area (Å²) in [5.74, 6) is 0. The number of nitrogens with one attached hydrogen (secondary N) is 2. The molecule has 1 fully saturated rings. The van der Waals surface area contributed by atoms with Crippen LogP contribution in [0.5, 0.6) is 0 Å².